The van der Waals surface area contributed by atoms with E-state index < -0.39 is 0 Å². The molecule has 2 aromatic carbocycles. The van der Waals surface area contributed by atoms with E-state index in [0.717, 1.165) is 23.7 Å². The Morgan fingerprint density at radius 3 is 2.69 bits per heavy atom. The van der Waals surface area contributed by atoms with Crippen molar-refractivity contribution in [2.75, 3.05) is 5.32 Å². The van der Waals surface area contributed by atoms with E-state index in [1.165, 1.54) is 24.1 Å². The van der Waals surface area contributed by atoms with Crippen molar-refractivity contribution in [2.45, 2.75) is 25.7 Å². The Morgan fingerprint density at radius 2 is 1.86 bits per heavy atom. The first-order valence-electron chi connectivity index (χ1n) is 9.74. The van der Waals surface area contributed by atoms with Crippen molar-refractivity contribution in [3.8, 4) is 17.1 Å². The van der Waals surface area contributed by atoms with E-state index in [9.17, 15) is 9.90 Å². The number of fused-ring (bicyclic) bond motifs is 3. The summed E-state index contributed by atoms with van der Waals surface area (Å²) in [5.41, 5.74) is 5.59. The number of H-pyrrole nitrogens is 1. The van der Waals surface area contributed by atoms with Gasteiger partial charge in [-0.25, -0.2) is 9.97 Å². The first-order valence-corrected chi connectivity index (χ1v) is 9.74. The highest BCUT2D eigenvalue weighted by Gasteiger charge is 2.17. The molecule has 6 nitrogen and oxygen atoms in total. The summed E-state index contributed by atoms with van der Waals surface area (Å²) >= 11 is 0. The van der Waals surface area contributed by atoms with E-state index >= 15 is 0 Å². The minimum atomic E-state index is -0.189. The zero-order valence-corrected chi connectivity index (χ0v) is 15.8. The molecule has 1 amide bonds. The highest BCUT2D eigenvalue weighted by atomic mass is 16.3. The van der Waals surface area contributed by atoms with E-state index in [4.69, 9.17) is 0 Å². The molecular weight excluding hydrogens is 364 g/mol. The van der Waals surface area contributed by atoms with Gasteiger partial charge in [0.25, 0.3) is 5.91 Å². The zero-order valence-electron chi connectivity index (χ0n) is 15.8. The fourth-order valence-electron chi connectivity index (χ4n) is 3.94. The van der Waals surface area contributed by atoms with Crippen molar-refractivity contribution in [1.82, 2.24) is 15.0 Å². The molecule has 0 saturated carbocycles. The van der Waals surface area contributed by atoms with Gasteiger partial charge in [0.15, 0.2) is 5.82 Å². The van der Waals surface area contributed by atoms with E-state index in [1.807, 2.05) is 24.3 Å². The van der Waals surface area contributed by atoms with Crippen molar-refractivity contribution in [2.24, 2.45) is 0 Å². The number of nitrogens with zero attached hydrogens (tertiary/aromatic N) is 2. The summed E-state index contributed by atoms with van der Waals surface area (Å²) in [5, 5.41) is 13.6. The van der Waals surface area contributed by atoms with Gasteiger partial charge in [-0.15, -0.1) is 0 Å². The molecule has 0 atom stereocenters. The van der Waals surface area contributed by atoms with Gasteiger partial charge in [0, 0.05) is 27.7 Å². The van der Waals surface area contributed by atoms with Gasteiger partial charge >= 0.3 is 0 Å². The Kier molecular flexibility index (Phi) is 4.24. The highest BCUT2D eigenvalue weighted by molar-refractivity contribution is 6.06. The standard InChI is InChI=1S/C23H20N4O2/c28-17-5-3-4-14(10-17)22-24-12-16(13-25-22)26-23(29)15-8-9-21-19(11-15)18-6-1-2-7-20(18)27-21/h3-5,8-13,27-28H,1-2,6-7H2,(H,26,29). The second-order valence-corrected chi connectivity index (χ2v) is 7.35. The maximum atomic E-state index is 12.7. The molecule has 0 spiro atoms. The first kappa shape index (κ1) is 17.4. The summed E-state index contributed by atoms with van der Waals surface area (Å²) in [6.45, 7) is 0. The Balaban J connectivity index is 1.37. The van der Waals surface area contributed by atoms with Crippen LogP contribution in [0.25, 0.3) is 22.3 Å². The summed E-state index contributed by atoms with van der Waals surface area (Å²) in [7, 11) is 0. The molecule has 0 fully saturated rings. The maximum Gasteiger partial charge on any atom is 0.255 e. The van der Waals surface area contributed by atoms with Crippen molar-refractivity contribution in [3.05, 3.63) is 71.7 Å². The number of aromatic nitrogens is 3. The number of phenolic OH excluding ortho intramolecular Hbond substituents is 1. The number of phenols is 1. The average molecular weight is 384 g/mol. The van der Waals surface area contributed by atoms with Crippen molar-refractivity contribution >= 4 is 22.5 Å². The smallest absolute Gasteiger partial charge is 0.255 e. The number of rotatable bonds is 3. The average Bonchev–Trinajstić information content (AvgIpc) is 3.12. The number of aromatic amines is 1. The van der Waals surface area contributed by atoms with Gasteiger partial charge in [0.05, 0.1) is 18.1 Å². The molecule has 2 aromatic heterocycles. The number of carbonyl (C=O) groups excluding carboxylic acids is 1. The molecule has 2 heterocycles. The van der Waals surface area contributed by atoms with E-state index in [2.05, 4.69) is 20.3 Å². The molecule has 0 unspecified atom stereocenters. The van der Waals surface area contributed by atoms with Crippen LogP contribution in [0.2, 0.25) is 0 Å². The SMILES string of the molecule is O=C(Nc1cnc(-c2cccc(O)c2)nc1)c1ccc2[nH]c3c(c2c1)CCCC3. The highest BCUT2D eigenvalue weighted by Crippen LogP contribution is 2.30. The fourth-order valence-corrected chi connectivity index (χ4v) is 3.94. The lowest BCUT2D eigenvalue weighted by Gasteiger charge is -2.10. The molecule has 0 aliphatic heterocycles. The molecule has 144 valence electrons. The molecule has 29 heavy (non-hydrogen) atoms. The number of anilines is 1. The van der Waals surface area contributed by atoms with Crippen LogP contribution < -0.4 is 5.32 Å². The fraction of sp³-hybridized carbons (Fsp3) is 0.174. The number of aryl methyl sites for hydroxylation is 2. The van der Waals surface area contributed by atoms with Crippen LogP contribution in [0.1, 0.15) is 34.5 Å². The second kappa shape index (κ2) is 7.05. The van der Waals surface area contributed by atoms with E-state index in [-0.39, 0.29) is 11.7 Å². The number of hydrogen-bond acceptors (Lipinski definition) is 4. The lowest BCUT2D eigenvalue weighted by Crippen LogP contribution is -2.12. The molecule has 0 saturated heterocycles. The van der Waals surface area contributed by atoms with Gasteiger partial charge in [-0.05, 0) is 61.6 Å². The summed E-state index contributed by atoms with van der Waals surface area (Å²) in [5.74, 6) is 0.455. The Labute approximate surface area is 167 Å². The summed E-state index contributed by atoms with van der Waals surface area (Å²) in [6.07, 6.45) is 7.69. The Bertz CT molecular complexity index is 1210. The number of hydrogen-bond donors (Lipinski definition) is 3. The van der Waals surface area contributed by atoms with Gasteiger partial charge < -0.3 is 15.4 Å². The number of amides is 1. The molecule has 1 aliphatic carbocycles. The van der Waals surface area contributed by atoms with Crippen LogP contribution >= 0.6 is 0 Å². The van der Waals surface area contributed by atoms with Gasteiger partial charge in [-0.3, -0.25) is 4.79 Å². The van der Waals surface area contributed by atoms with Crippen molar-refractivity contribution in [3.63, 3.8) is 0 Å². The Hall–Kier alpha value is -3.67. The monoisotopic (exact) mass is 384 g/mol. The molecule has 0 bridgehead atoms. The predicted molar refractivity (Wildman–Crippen MR) is 112 cm³/mol. The zero-order chi connectivity index (χ0) is 19.8. The van der Waals surface area contributed by atoms with Gasteiger partial charge in [-0.1, -0.05) is 12.1 Å². The van der Waals surface area contributed by atoms with Crippen LogP contribution in [0.15, 0.2) is 54.9 Å². The lowest BCUT2D eigenvalue weighted by atomic mass is 9.95. The van der Waals surface area contributed by atoms with Gasteiger partial charge in [0.1, 0.15) is 5.75 Å². The normalized spacial score (nSPS) is 13.2. The quantitative estimate of drug-likeness (QED) is 0.486. The summed E-state index contributed by atoms with van der Waals surface area (Å²) < 4.78 is 0. The molecule has 3 N–H and O–H groups in total. The Morgan fingerprint density at radius 1 is 1.03 bits per heavy atom. The molecule has 6 heteroatoms. The van der Waals surface area contributed by atoms with Crippen LogP contribution in [0.5, 0.6) is 5.75 Å². The first-order chi connectivity index (χ1) is 14.2. The number of benzene rings is 2. The maximum absolute atomic E-state index is 12.7. The topological polar surface area (TPSA) is 90.9 Å². The molecule has 5 rings (SSSR count). The van der Waals surface area contributed by atoms with Gasteiger partial charge in [0.2, 0.25) is 0 Å². The van der Waals surface area contributed by atoms with Crippen LogP contribution in [0, 0.1) is 0 Å². The predicted octanol–water partition coefficient (Wildman–Crippen LogP) is 4.46. The summed E-state index contributed by atoms with van der Waals surface area (Å²) in [6, 6.07) is 12.5. The minimum absolute atomic E-state index is 0.158. The van der Waals surface area contributed by atoms with Crippen molar-refractivity contribution in [1.29, 1.82) is 0 Å². The molecule has 4 aromatic rings. The third-order valence-corrected chi connectivity index (χ3v) is 5.37. The molecule has 1 aliphatic rings. The van der Waals surface area contributed by atoms with Crippen LogP contribution in [-0.4, -0.2) is 26.0 Å². The molecule has 0 radical (unpaired) electrons. The van der Waals surface area contributed by atoms with Crippen molar-refractivity contribution < 1.29 is 9.90 Å². The number of aromatic hydroxyl groups is 1. The van der Waals surface area contributed by atoms with E-state index in [1.54, 1.807) is 30.6 Å². The van der Waals surface area contributed by atoms with E-state index in [0.29, 0.717) is 22.6 Å². The summed E-state index contributed by atoms with van der Waals surface area (Å²) in [4.78, 5) is 24.8. The molecular formula is C23H20N4O2. The van der Waals surface area contributed by atoms with Crippen LogP contribution in [0.3, 0.4) is 0 Å². The number of nitrogens with one attached hydrogen (secondary N) is 2. The lowest BCUT2D eigenvalue weighted by molar-refractivity contribution is 0.102. The third kappa shape index (κ3) is 3.33. The largest absolute Gasteiger partial charge is 0.508 e. The van der Waals surface area contributed by atoms with Crippen LogP contribution in [-0.2, 0) is 12.8 Å². The second-order valence-electron chi connectivity index (χ2n) is 7.35. The van der Waals surface area contributed by atoms with Gasteiger partial charge in [-0.2, -0.15) is 0 Å². The minimum Gasteiger partial charge on any atom is -0.508 e. The van der Waals surface area contributed by atoms with Crippen LogP contribution in [0.4, 0.5) is 5.69 Å². The number of carbonyl (C=O) groups is 1. The third-order valence-electron chi connectivity index (χ3n) is 5.37.